The van der Waals surface area contributed by atoms with E-state index in [-0.39, 0.29) is 19.0 Å². The second-order valence-corrected chi connectivity index (χ2v) is 4.02. The lowest BCUT2D eigenvalue weighted by atomic mass is 10.1. The van der Waals surface area contributed by atoms with E-state index in [1.54, 1.807) is 0 Å². The minimum absolute atomic E-state index is 0. The lowest BCUT2D eigenvalue weighted by Crippen LogP contribution is -2.14. The van der Waals surface area contributed by atoms with Gasteiger partial charge in [-0.05, 0) is 43.7 Å². The molecule has 90 valence electrons. The summed E-state index contributed by atoms with van der Waals surface area (Å²) in [5.74, 6) is 1.07. The first kappa shape index (κ1) is 13.3. The van der Waals surface area contributed by atoms with Crippen molar-refractivity contribution in [3.05, 3.63) is 23.4 Å². The number of hydrogen-bond donors (Lipinski definition) is 2. The van der Waals surface area contributed by atoms with Crippen LogP contribution in [0.25, 0.3) is 0 Å². The van der Waals surface area contributed by atoms with Gasteiger partial charge in [0.1, 0.15) is 5.82 Å². The number of aliphatic hydroxyl groups excluding tert-OH is 1. The summed E-state index contributed by atoms with van der Waals surface area (Å²) in [6, 6.07) is 4.30. The highest BCUT2D eigenvalue weighted by molar-refractivity contribution is 5.85. The molecule has 1 aromatic heterocycles. The molecule has 1 aliphatic heterocycles. The van der Waals surface area contributed by atoms with E-state index in [9.17, 15) is 0 Å². The van der Waals surface area contributed by atoms with E-state index in [2.05, 4.69) is 22.4 Å². The molecule has 1 aromatic rings. The maximum absolute atomic E-state index is 8.70. The molecule has 2 heterocycles. The molecule has 0 amide bonds. The fourth-order valence-corrected chi connectivity index (χ4v) is 1.93. The number of fused-ring (bicyclic) bond motifs is 1. The van der Waals surface area contributed by atoms with E-state index in [4.69, 9.17) is 5.11 Å². The standard InChI is InChI=1S/C12H18N2O.ClH/c15-9-2-1-5-11-7-6-10-4-3-8-13-12(10)14-11;/h6-7,15H,1-5,8-9H2,(H,13,14);1H. The Morgan fingerprint density at radius 1 is 1.31 bits per heavy atom. The molecule has 0 aliphatic carbocycles. The number of aliphatic hydroxyl groups is 1. The molecular formula is C12H19ClN2O. The van der Waals surface area contributed by atoms with Gasteiger partial charge in [0, 0.05) is 18.8 Å². The van der Waals surface area contributed by atoms with E-state index in [0.29, 0.717) is 0 Å². The van der Waals surface area contributed by atoms with Crippen LogP contribution in [0.1, 0.15) is 30.5 Å². The van der Waals surface area contributed by atoms with E-state index < -0.39 is 0 Å². The predicted molar refractivity (Wildman–Crippen MR) is 68.3 cm³/mol. The number of aromatic nitrogens is 1. The average molecular weight is 243 g/mol. The molecule has 0 aromatic carbocycles. The zero-order chi connectivity index (χ0) is 10.5. The minimum Gasteiger partial charge on any atom is -0.396 e. The van der Waals surface area contributed by atoms with Crippen LogP contribution in [0.4, 0.5) is 5.82 Å². The van der Waals surface area contributed by atoms with E-state index in [0.717, 1.165) is 43.7 Å². The van der Waals surface area contributed by atoms with Crippen LogP contribution in [0.2, 0.25) is 0 Å². The van der Waals surface area contributed by atoms with Gasteiger partial charge >= 0.3 is 0 Å². The van der Waals surface area contributed by atoms with Crippen molar-refractivity contribution in [3.63, 3.8) is 0 Å². The maximum atomic E-state index is 8.70. The van der Waals surface area contributed by atoms with Gasteiger partial charge in [-0.25, -0.2) is 4.98 Å². The molecular weight excluding hydrogens is 224 g/mol. The SMILES string of the molecule is Cl.OCCCCc1ccc2c(n1)NCCC2. The van der Waals surface area contributed by atoms with Crippen LogP contribution in [0.5, 0.6) is 0 Å². The zero-order valence-electron chi connectivity index (χ0n) is 9.41. The summed E-state index contributed by atoms with van der Waals surface area (Å²) < 4.78 is 0. The van der Waals surface area contributed by atoms with Crippen molar-refractivity contribution in [1.82, 2.24) is 4.98 Å². The molecule has 0 spiro atoms. The van der Waals surface area contributed by atoms with Crippen LogP contribution in [0, 0.1) is 0 Å². The van der Waals surface area contributed by atoms with Crippen molar-refractivity contribution in [2.75, 3.05) is 18.5 Å². The highest BCUT2D eigenvalue weighted by Crippen LogP contribution is 2.20. The Labute approximate surface area is 103 Å². The summed E-state index contributed by atoms with van der Waals surface area (Å²) in [6.45, 7) is 1.32. The van der Waals surface area contributed by atoms with Gasteiger partial charge in [-0.2, -0.15) is 0 Å². The van der Waals surface area contributed by atoms with E-state index in [1.165, 1.54) is 12.0 Å². The summed E-state index contributed by atoms with van der Waals surface area (Å²) in [5.41, 5.74) is 2.48. The topological polar surface area (TPSA) is 45.2 Å². The molecule has 4 heteroatoms. The van der Waals surface area contributed by atoms with Gasteiger partial charge < -0.3 is 10.4 Å². The summed E-state index contributed by atoms with van der Waals surface area (Å²) in [4.78, 5) is 4.59. The number of pyridine rings is 1. The molecule has 0 atom stereocenters. The Bertz CT molecular complexity index is 331. The van der Waals surface area contributed by atoms with Gasteiger partial charge in [-0.15, -0.1) is 12.4 Å². The largest absolute Gasteiger partial charge is 0.396 e. The molecule has 3 nitrogen and oxygen atoms in total. The van der Waals surface area contributed by atoms with Crippen molar-refractivity contribution < 1.29 is 5.11 Å². The number of nitrogens with one attached hydrogen (secondary N) is 1. The van der Waals surface area contributed by atoms with Gasteiger partial charge in [-0.3, -0.25) is 0 Å². The number of rotatable bonds is 4. The van der Waals surface area contributed by atoms with Crippen molar-refractivity contribution in [2.24, 2.45) is 0 Å². The van der Waals surface area contributed by atoms with Crippen LogP contribution in [0.15, 0.2) is 12.1 Å². The maximum Gasteiger partial charge on any atom is 0.129 e. The third-order valence-corrected chi connectivity index (χ3v) is 2.79. The lowest BCUT2D eigenvalue weighted by Gasteiger charge is -2.17. The summed E-state index contributed by atoms with van der Waals surface area (Å²) in [6.07, 6.45) is 5.20. The van der Waals surface area contributed by atoms with Crippen LogP contribution in [0.3, 0.4) is 0 Å². The van der Waals surface area contributed by atoms with Crippen LogP contribution in [-0.4, -0.2) is 23.2 Å². The monoisotopic (exact) mass is 242 g/mol. The Hall–Kier alpha value is -0.800. The number of aryl methyl sites for hydroxylation is 2. The molecule has 0 saturated heterocycles. The Kier molecular flexibility index (Phi) is 5.56. The Balaban J connectivity index is 0.00000128. The quantitative estimate of drug-likeness (QED) is 0.796. The summed E-state index contributed by atoms with van der Waals surface area (Å²) >= 11 is 0. The average Bonchev–Trinajstić information content (AvgIpc) is 2.29. The molecule has 0 bridgehead atoms. The highest BCUT2D eigenvalue weighted by atomic mass is 35.5. The molecule has 1 aliphatic rings. The molecule has 16 heavy (non-hydrogen) atoms. The van der Waals surface area contributed by atoms with Crippen LogP contribution < -0.4 is 5.32 Å². The smallest absolute Gasteiger partial charge is 0.129 e. The first-order valence-corrected chi connectivity index (χ1v) is 5.73. The summed E-state index contributed by atoms with van der Waals surface area (Å²) in [7, 11) is 0. The van der Waals surface area contributed by atoms with Gasteiger partial charge in [0.15, 0.2) is 0 Å². The van der Waals surface area contributed by atoms with Gasteiger partial charge in [0.05, 0.1) is 0 Å². The number of halogens is 1. The lowest BCUT2D eigenvalue weighted by molar-refractivity contribution is 0.284. The highest BCUT2D eigenvalue weighted by Gasteiger charge is 2.09. The second-order valence-electron chi connectivity index (χ2n) is 4.02. The van der Waals surface area contributed by atoms with Crippen molar-refractivity contribution in [1.29, 1.82) is 0 Å². The van der Waals surface area contributed by atoms with Gasteiger partial charge in [0.2, 0.25) is 0 Å². The normalized spacial score (nSPS) is 13.6. The molecule has 0 fully saturated rings. The van der Waals surface area contributed by atoms with Gasteiger partial charge in [-0.1, -0.05) is 6.07 Å². The molecule has 0 radical (unpaired) electrons. The molecule has 2 N–H and O–H groups in total. The fourth-order valence-electron chi connectivity index (χ4n) is 1.93. The Morgan fingerprint density at radius 2 is 2.19 bits per heavy atom. The van der Waals surface area contributed by atoms with Gasteiger partial charge in [0.25, 0.3) is 0 Å². The number of hydrogen-bond acceptors (Lipinski definition) is 3. The molecule has 0 saturated carbocycles. The van der Waals surface area contributed by atoms with Crippen LogP contribution in [-0.2, 0) is 12.8 Å². The van der Waals surface area contributed by atoms with Crippen molar-refractivity contribution >= 4 is 18.2 Å². The predicted octanol–water partition coefficient (Wildman–Crippen LogP) is 2.18. The third kappa shape index (κ3) is 3.35. The Morgan fingerprint density at radius 3 is 3.00 bits per heavy atom. The number of unbranched alkanes of at least 4 members (excludes halogenated alkanes) is 1. The summed E-state index contributed by atoms with van der Waals surface area (Å²) in [5, 5.41) is 12.0. The van der Waals surface area contributed by atoms with Crippen molar-refractivity contribution in [3.8, 4) is 0 Å². The zero-order valence-corrected chi connectivity index (χ0v) is 10.2. The number of anilines is 1. The number of nitrogens with zero attached hydrogens (tertiary/aromatic N) is 1. The first-order valence-electron chi connectivity index (χ1n) is 5.73. The second kappa shape index (κ2) is 6.71. The van der Waals surface area contributed by atoms with Crippen LogP contribution >= 0.6 is 12.4 Å². The molecule has 2 rings (SSSR count). The fraction of sp³-hybridized carbons (Fsp3) is 0.583. The third-order valence-electron chi connectivity index (χ3n) is 2.79. The first-order chi connectivity index (χ1) is 7.40. The molecule has 0 unspecified atom stereocenters. The minimum atomic E-state index is 0. The van der Waals surface area contributed by atoms with E-state index >= 15 is 0 Å². The van der Waals surface area contributed by atoms with E-state index in [1.807, 2.05) is 0 Å². The van der Waals surface area contributed by atoms with Crippen molar-refractivity contribution in [2.45, 2.75) is 32.1 Å².